The smallest absolute Gasteiger partial charge is 0.226 e. The standard InChI is InChI=1S/C13H13N3O2/c1-16-13-11(7-14-16)10(6-12(18)15-13)8-3-2-4-9(17)5-8/h2-5,7,10,17H,6H2,1H3,(H,15,18)/t10-/m0/s1. The molecular weight excluding hydrogens is 230 g/mol. The number of carbonyl (C=O) groups excluding carboxylic acids is 1. The molecule has 1 amide bonds. The van der Waals surface area contributed by atoms with Crippen molar-refractivity contribution in [1.29, 1.82) is 0 Å². The van der Waals surface area contributed by atoms with Crippen LogP contribution in [0.1, 0.15) is 23.5 Å². The van der Waals surface area contributed by atoms with Crippen molar-refractivity contribution in [1.82, 2.24) is 9.78 Å². The van der Waals surface area contributed by atoms with Crippen LogP contribution >= 0.6 is 0 Å². The molecule has 2 heterocycles. The van der Waals surface area contributed by atoms with Crippen LogP contribution in [0.3, 0.4) is 0 Å². The van der Waals surface area contributed by atoms with Crippen LogP contribution in [-0.4, -0.2) is 20.8 Å². The van der Waals surface area contributed by atoms with E-state index in [0.717, 1.165) is 16.9 Å². The average molecular weight is 243 g/mol. The highest BCUT2D eigenvalue weighted by molar-refractivity contribution is 5.94. The third-order valence-electron chi connectivity index (χ3n) is 3.26. The molecule has 5 nitrogen and oxygen atoms in total. The number of nitrogens with one attached hydrogen (secondary N) is 1. The number of rotatable bonds is 1. The summed E-state index contributed by atoms with van der Waals surface area (Å²) in [7, 11) is 1.80. The lowest BCUT2D eigenvalue weighted by Crippen LogP contribution is -2.24. The minimum atomic E-state index is -0.0467. The van der Waals surface area contributed by atoms with Crippen LogP contribution in [0.5, 0.6) is 5.75 Å². The van der Waals surface area contributed by atoms with E-state index >= 15 is 0 Å². The van der Waals surface area contributed by atoms with Gasteiger partial charge in [0.2, 0.25) is 5.91 Å². The summed E-state index contributed by atoms with van der Waals surface area (Å²) in [4.78, 5) is 11.7. The first-order chi connectivity index (χ1) is 8.65. The fourth-order valence-corrected chi connectivity index (χ4v) is 2.38. The molecule has 0 unspecified atom stereocenters. The van der Waals surface area contributed by atoms with Crippen LogP contribution in [0, 0.1) is 0 Å². The summed E-state index contributed by atoms with van der Waals surface area (Å²) in [5.74, 6) is 0.873. The number of nitrogens with zero attached hydrogens (tertiary/aromatic N) is 2. The molecule has 1 aliphatic rings. The second-order valence-corrected chi connectivity index (χ2v) is 4.47. The van der Waals surface area contributed by atoms with Gasteiger partial charge >= 0.3 is 0 Å². The number of aryl methyl sites for hydroxylation is 1. The van der Waals surface area contributed by atoms with Crippen LogP contribution < -0.4 is 5.32 Å². The largest absolute Gasteiger partial charge is 0.508 e. The van der Waals surface area contributed by atoms with Crippen molar-refractivity contribution in [3.63, 3.8) is 0 Å². The van der Waals surface area contributed by atoms with Gasteiger partial charge in [0.25, 0.3) is 0 Å². The molecule has 0 saturated carbocycles. The van der Waals surface area contributed by atoms with E-state index in [0.29, 0.717) is 6.42 Å². The zero-order valence-corrected chi connectivity index (χ0v) is 9.92. The lowest BCUT2D eigenvalue weighted by molar-refractivity contribution is -0.116. The van der Waals surface area contributed by atoms with Crippen molar-refractivity contribution in [3.05, 3.63) is 41.6 Å². The summed E-state index contributed by atoms with van der Waals surface area (Å²) < 4.78 is 1.65. The normalized spacial score (nSPS) is 18.3. The Hall–Kier alpha value is -2.30. The van der Waals surface area contributed by atoms with E-state index in [1.54, 1.807) is 36.1 Å². The Morgan fingerprint density at radius 1 is 1.50 bits per heavy atom. The first kappa shape index (κ1) is 10.8. The molecule has 1 aliphatic heterocycles. The first-order valence-corrected chi connectivity index (χ1v) is 5.76. The second-order valence-electron chi connectivity index (χ2n) is 4.47. The number of aromatic nitrogens is 2. The lowest BCUT2D eigenvalue weighted by Gasteiger charge is -2.23. The van der Waals surface area contributed by atoms with Crippen molar-refractivity contribution in [2.24, 2.45) is 7.05 Å². The molecule has 0 radical (unpaired) electrons. The van der Waals surface area contributed by atoms with Crippen molar-refractivity contribution < 1.29 is 9.90 Å². The van der Waals surface area contributed by atoms with Gasteiger partial charge in [-0.2, -0.15) is 5.10 Å². The van der Waals surface area contributed by atoms with Gasteiger partial charge in [-0.3, -0.25) is 9.48 Å². The number of aromatic hydroxyl groups is 1. The van der Waals surface area contributed by atoms with Crippen LogP contribution in [0.2, 0.25) is 0 Å². The van der Waals surface area contributed by atoms with Gasteiger partial charge in [-0.25, -0.2) is 0 Å². The fraction of sp³-hybridized carbons (Fsp3) is 0.231. The molecular formula is C13H13N3O2. The number of carbonyl (C=O) groups is 1. The molecule has 1 atom stereocenters. The second kappa shape index (κ2) is 3.87. The molecule has 0 fully saturated rings. The van der Waals surface area contributed by atoms with E-state index in [-0.39, 0.29) is 17.6 Å². The van der Waals surface area contributed by atoms with Gasteiger partial charge < -0.3 is 10.4 Å². The lowest BCUT2D eigenvalue weighted by atomic mass is 9.87. The predicted molar refractivity (Wildman–Crippen MR) is 66.4 cm³/mol. The Kier molecular flexibility index (Phi) is 2.33. The van der Waals surface area contributed by atoms with Crippen molar-refractivity contribution in [3.8, 4) is 5.75 Å². The van der Waals surface area contributed by atoms with Crippen LogP contribution in [0.15, 0.2) is 30.5 Å². The maximum absolute atomic E-state index is 11.7. The summed E-state index contributed by atoms with van der Waals surface area (Å²) in [5.41, 5.74) is 1.92. The topological polar surface area (TPSA) is 67.2 Å². The first-order valence-electron chi connectivity index (χ1n) is 5.76. The van der Waals surface area contributed by atoms with E-state index in [1.165, 1.54) is 0 Å². The Morgan fingerprint density at radius 2 is 2.33 bits per heavy atom. The molecule has 0 saturated heterocycles. The van der Waals surface area contributed by atoms with Gasteiger partial charge in [-0.05, 0) is 17.7 Å². The Bertz CT molecular complexity index is 618. The quantitative estimate of drug-likeness (QED) is 0.799. The van der Waals surface area contributed by atoms with Gasteiger partial charge in [0, 0.05) is 24.9 Å². The van der Waals surface area contributed by atoms with Gasteiger partial charge in [-0.15, -0.1) is 0 Å². The number of phenolic OH excluding ortho intramolecular Hbond substituents is 1. The predicted octanol–water partition coefficient (Wildman–Crippen LogP) is 1.60. The van der Waals surface area contributed by atoms with E-state index < -0.39 is 0 Å². The van der Waals surface area contributed by atoms with E-state index in [4.69, 9.17) is 0 Å². The highest BCUT2D eigenvalue weighted by Crippen LogP contribution is 2.37. The summed E-state index contributed by atoms with van der Waals surface area (Å²) in [6.07, 6.45) is 2.14. The Labute approximate surface area is 104 Å². The number of benzene rings is 1. The minimum absolute atomic E-state index is 0.0283. The number of hydrogen-bond donors (Lipinski definition) is 2. The van der Waals surface area contributed by atoms with Crippen LogP contribution in [-0.2, 0) is 11.8 Å². The molecule has 0 spiro atoms. The Balaban J connectivity index is 2.10. The van der Waals surface area contributed by atoms with E-state index in [2.05, 4.69) is 10.4 Å². The summed E-state index contributed by atoms with van der Waals surface area (Å²) in [6, 6.07) is 7.02. The van der Waals surface area contributed by atoms with Crippen molar-refractivity contribution in [2.75, 3.05) is 5.32 Å². The van der Waals surface area contributed by atoms with E-state index in [1.807, 2.05) is 6.07 Å². The number of phenols is 1. The summed E-state index contributed by atoms with van der Waals surface area (Å²) in [6.45, 7) is 0. The third kappa shape index (κ3) is 1.64. The molecule has 1 aromatic heterocycles. The highest BCUT2D eigenvalue weighted by atomic mass is 16.3. The number of anilines is 1. The summed E-state index contributed by atoms with van der Waals surface area (Å²) in [5, 5.41) is 16.5. The highest BCUT2D eigenvalue weighted by Gasteiger charge is 2.29. The van der Waals surface area contributed by atoms with Crippen molar-refractivity contribution in [2.45, 2.75) is 12.3 Å². The molecule has 0 bridgehead atoms. The SMILES string of the molecule is Cn1ncc2c1NC(=O)C[C@H]2c1cccc(O)c1. The molecule has 2 N–H and O–H groups in total. The van der Waals surface area contributed by atoms with Gasteiger partial charge in [0.15, 0.2) is 0 Å². The van der Waals surface area contributed by atoms with Crippen molar-refractivity contribution >= 4 is 11.7 Å². The van der Waals surface area contributed by atoms with E-state index in [9.17, 15) is 9.90 Å². The van der Waals surface area contributed by atoms with Gasteiger partial charge in [-0.1, -0.05) is 12.1 Å². The van der Waals surface area contributed by atoms with Gasteiger partial charge in [0.05, 0.1) is 6.20 Å². The summed E-state index contributed by atoms with van der Waals surface area (Å²) >= 11 is 0. The van der Waals surface area contributed by atoms with Crippen LogP contribution in [0.4, 0.5) is 5.82 Å². The number of fused-ring (bicyclic) bond motifs is 1. The number of hydrogen-bond acceptors (Lipinski definition) is 3. The average Bonchev–Trinajstić information content (AvgIpc) is 2.70. The maximum atomic E-state index is 11.7. The third-order valence-corrected chi connectivity index (χ3v) is 3.26. The number of amides is 1. The molecule has 3 rings (SSSR count). The van der Waals surface area contributed by atoms with Gasteiger partial charge in [0.1, 0.15) is 11.6 Å². The monoisotopic (exact) mass is 243 g/mol. The zero-order valence-electron chi connectivity index (χ0n) is 9.92. The molecule has 0 aliphatic carbocycles. The Morgan fingerprint density at radius 3 is 3.11 bits per heavy atom. The van der Waals surface area contributed by atoms with Crippen LogP contribution in [0.25, 0.3) is 0 Å². The molecule has 92 valence electrons. The fourth-order valence-electron chi connectivity index (χ4n) is 2.38. The minimum Gasteiger partial charge on any atom is -0.508 e. The zero-order chi connectivity index (χ0) is 12.7. The molecule has 5 heteroatoms. The molecule has 1 aromatic carbocycles. The molecule has 2 aromatic rings. The molecule has 18 heavy (non-hydrogen) atoms. The maximum Gasteiger partial charge on any atom is 0.226 e.